The van der Waals surface area contributed by atoms with Crippen LogP contribution >= 0.6 is 0 Å². The van der Waals surface area contributed by atoms with Crippen molar-refractivity contribution in [1.29, 1.82) is 0 Å². The van der Waals surface area contributed by atoms with Crippen LogP contribution in [0, 0.1) is 11.8 Å². The Hall–Kier alpha value is -2.10. The first-order valence-corrected chi connectivity index (χ1v) is 7.45. The standard InChI is InChI=1S/C17H20N2O2/c1-10-7-8-14(11(10)2)19-16-12-5-3-4-6-15(12)18-9-13(16)17(20)21/h3-6,9-11,14H,7-8H2,1-2H3,(H,18,19)(H,20,21). The van der Waals surface area contributed by atoms with Crippen molar-refractivity contribution in [3.05, 3.63) is 36.0 Å². The van der Waals surface area contributed by atoms with Crippen LogP contribution in [0.4, 0.5) is 5.69 Å². The SMILES string of the molecule is CC1CCC(Nc2c(C(=O)O)cnc3ccccc23)C1C. The average molecular weight is 284 g/mol. The van der Waals surface area contributed by atoms with E-state index >= 15 is 0 Å². The van der Waals surface area contributed by atoms with Gasteiger partial charge in [-0.25, -0.2) is 4.79 Å². The Kier molecular flexibility index (Phi) is 3.53. The fourth-order valence-electron chi connectivity index (χ4n) is 3.21. The van der Waals surface area contributed by atoms with Gasteiger partial charge in [0.1, 0.15) is 5.56 Å². The van der Waals surface area contributed by atoms with Gasteiger partial charge in [-0.1, -0.05) is 32.0 Å². The number of hydrogen-bond donors (Lipinski definition) is 2. The van der Waals surface area contributed by atoms with Gasteiger partial charge in [0.25, 0.3) is 0 Å². The van der Waals surface area contributed by atoms with E-state index in [1.165, 1.54) is 12.6 Å². The molecule has 0 amide bonds. The molecular formula is C17H20N2O2. The molecule has 0 saturated heterocycles. The van der Waals surface area contributed by atoms with Gasteiger partial charge in [0.15, 0.2) is 0 Å². The van der Waals surface area contributed by atoms with Gasteiger partial charge in [-0.2, -0.15) is 0 Å². The molecule has 1 fully saturated rings. The molecule has 1 aromatic heterocycles. The highest BCUT2D eigenvalue weighted by Gasteiger charge is 2.30. The number of carboxylic acids is 1. The lowest BCUT2D eigenvalue weighted by Crippen LogP contribution is -2.25. The van der Waals surface area contributed by atoms with Gasteiger partial charge < -0.3 is 10.4 Å². The minimum atomic E-state index is -0.936. The van der Waals surface area contributed by atoms with Gasteiger partial charge in [-0.15, -0.1) is 0 Å². The zero-order valence-electron chi connectivity index (χ0n) is 12.3. The predicted molar refractivity (Wildman–Crippen MR) is 83.7 cm³/mol. The third-order valence-electron chi connectivity index (χ3n) is 4.80. The maximum atomic E-state index is 11.5. The van der Waals surface area contributed by atoms with Crippen LogP contribution < -0.4 is 5.32 Å². The Morgan fingerprint density at radius 1 is 1.29 bits per heavy atom. The van der Waals surface area contributed by atoms with Gasteiger partial charge in [-0.3, -0.25) is 4.98 Å². The highest BCUT2D eigenvalue weighted by molar-refractivity contribution is 6.04. The van der Waals surface area contributed by atoms with Gasteiger partial charge in [0.2, 0.25) is 0 Å². The third kappa shape index (κ3) is 2.46. The third-order valence-corrected chi connectivity index (χ3v) is 4.80. The summed E-state index contributed by atoms with van der Waals surface area (Å²) in [4.78, 5) is 15.8. The fourth-order valence-corrected chi connectivity index (χ4v) is 3.21. The quantitative estimate of drug-likeness (QED) is 0.900. The van der Waals surface area contributed by atoms with E-state index in [2.05, 4.69) is 24.1 Å². The number of fused-ring (bicyclic) bond motifs is 1. The molecule has 0 bridgehead atoms. The summed E-state index contributed by atoms with van der Waals surface area (Å²) in [7, 11) is 0. The summed E-state index contributed by atoms with van der Waals surface area (Å²) in [5.74, 6) is 0.275. The van der Waals surface area contributed by atoms with Crippen molar-refractivity contribution in [3.8, 4) is 0 Å². The highest BCUT2D eigenvalue weighted by atomic mass is 16.4. The Bertz CT molecular complexity index is 684. The second-order valence-corrected chi connectivity index (χ2v) is 6.03. The normalized spacial score (nSPS) is 25.1. The number of hydrogen-bond acceptors (Lipinski definition) is 3. The molecule has 1 aromatic carbocycles. The summed E-state index contributed by atoms with van der Waals surface area (Å²) in [6.45, 7) is 4.49. The van der Waals surface area contributed by atoms with E-state index < -0.39 is 5.97 Å². The molecule has 0 radical (unpaired) electrons. The number of para-hydroxylation sites is 1. The summed E-state index contributed by atoms with van der Waals surface area (Å²) >= 11 is 0. The van der Waals surface area contributed by atoms with Crippen LogP contribution in [-0.2, 0) is 0 Å². The van der Waals surface area contributed by atoms with Crippen molar-refractivity contribution in [2.24, 2.45) is 11.8 Å². The number of pyridine rings is 1. The lowest BCUT2D eigenvalue weighted by Gasteiger charge is -2.23. The summed E-state index contributed by atoms with van der Waals surface area (Å²) in [6, 6.07) is 8.00. The molecule has 110 valence electrons. The predicted octanol–water partition coefficient (Wildman–Crippen LogP) is 3.78. The summed E-state index contributed by atoms with van der Waals surface area (Å²) in [6.07, 6.45) is 3.72. The maximum Gasteiger partial charge on any atom is 0.339 e. The molecule has 1 aliphatic rings. The number of nitrogens with zero attached hydrogens (tertiary/aromatic N) is 1. The first kappa shape index (κ1) is 13.9. The first-order chi connectivity index (χ1) is 10.1. The first-order valence-electron chi connectivity index (χ1n) is 7.45. The zero-order valence-corrected chi connectivity index (χ0v) is 12.3. The van der Waals surface area contributed by atoms with Gasteiger partial charge in [0, 0.05) is 17.6 Å². The molecule has 2 aromatic rings. The van der Waals surface area contributed by atoms with Gasteiger partial charge in [-0.05, 0) is 30.7 Å². The second kappa shape index (κ2) is 5.35. The Labute approximate surface area is 124 Å². The Morgan fingerprint density at radius 2 is 2.05 bits per heavy atom. The van der Waals surface area contributed by atoms with Crippen LogP contribution in [0.2, 0.25) is 0 Å². The van der Waals surface area contributed by atoms with E-state index in [0.29, 0.717) is 23.6 Å². The van der Waals surface area contributed by atoms with Crippen molar-refractivity contribution in [1.82, 2.24) is 4.98 Å². The van der Waals surface area contributed by atoms with E-state index in [0.717, 1.165) is 17.3 Å². The smallest absolute Gasteiger partial charge is 0.339 e. The summed E-state index contributed by atoms with van der Waals surface area (Å²) in [5.41, 5.74) is 1.78. The molecule has 1 saturated carbocycles. The highest BCUT2D eigenvalue weighted by Crippen LogP contribution is 2.35. The molecule has 1 heterocycles. The molecule has 4 heteroatoms. The topological polar surface area (TPSA) is 62.2 Å². The minimum absolute atomic E-state index is 0.250. The van der Waals surface area contributed by atoms with Crippen molar-refractivity contribution in [2.45, 2.75) is 32.7 Å². The van der Waals surface area contributed by atoms with E-state index in [4.69, 9.17) is 0 Å². The molecular weight excluding hydrogens is 264 g/mol. The number of aromatic nitrogens is 1. The lowest BCUT2D eigenvalue weighted by atomic mass is 9.97. The lowest BCUT2D eigenvalue weighted by molar-refractivity contribution is 0.0697. The summed E-state index contributed by atoms with van der Waals surface area (Å²) in [5, 5.41) is 13.8. The van der Waals surface area contributed by atoms with E-state index in [1.54, 1.807) is 0 Å². The van der Waals surface area contributed by atoms with Crippen molar-refractivity contribution in [3.63, 3.8) is 0 Å². The number of carboxylic acid groups (broad SMARTS) is 1. The number of nitrogens with one attached hydrogen (secondary N) is 1. The monoisotopic (exact) mass is 284 g/mol. The van der Waals surface area contributed by atoms with Crippen LogP contribution in [0.15, 0.2) is 30.5 Å². The maximum absolute atomic E-state index is 11.5. The number of aromatic carboxylic acids is 1. The molecule has 0 aliphatic heterocycles. The van der Waals surface area contributed by atoms with Gasteiger partial charge >= 0.3 is 5.97 Å². The second-order valence-electron chi connectivity index (χ2n) is 6.03. The molecule has 21 heavy (non-hydrogen) atoms. The van der Waals surface area contributed by atoms with Crippen LogP contribution in [0.25, 0.3) is 10.9 Å². The van der Waals surface area contributed by atoms with Crippen molar-refractivity contribution < 1.29 is 9.90 Å². The zero-order chi connectivity index (χ0) is 15.0. The number of carbonyl (C=O) groups is 1. The number of anilines is 1. The molecule has 2 N–H and O–H groups in total. The van der Waals surface area contributed by atoms with Crippen LogP contribution in [0.3, 0.4) is 0 Å². The molecule has 4 nitrogen and oxygen atoms in total. The Morgan fingerprint density at radius 3 is 2.71 bits per heavy atom. The molecule has 3 unspecified atom stereocenters. The summed E-state index contributed by atoms with van der Waals surface area (Å²) < 4.78 is 0. The van der Waals surface area contributed by atoms with Crippen molar-refractivity contribution >= 4 is 22.6 Å². The van der Waals surface area contributed by atoms with Crippen LogP contribution in [0.5, 0.6) is 0 Å². The number of benzene rings is 1. The van der Waals surface area contributed by atoms with Crippen LogP contribution in [-0.4, -0.2) is 22.1 Å². The van der Waals surface area contributed by atoms with Gasteiger partial charge in [0.05, 0.1) is 11.2 Å². The van der Waals surface area contributed by atoms with E-state index in [-0.39, 0.29) is 5.56 Å². The largest absolute Gasteiger partial charge is 0.478 e. The minimum Gasteiger partial charge on any atom is -0.478 e. The number of rotatable bonds is 3. The Balaban J connectivity index is 2.06. The van der Waals surface area contributed by atoms with E-state index in [9.17, 15) is 9.90 Å². The molecule has 1 aliphatic carbocycles. The van der Waals surface area contributed by atoms with E-state index in [1.807, 2.05) is 24.3 Å². The van der Waals surface area contributed by atoms with Crippen LogP contribution in [0.1, 0.15) is 37.0 Å². The molecule has 0 spiro atoms. The van der Waals surface area contributed by atoms with Crippen molar-refractivity contribution in [2.75, 3.05) is 5.32 Å². The average Bonchev–Trinajstić information content (AvgIpc) is 2.79. The molecule has 3 atom stereocenters. The fraction of sp³-hybridized carbons (Fsp3) is 0.412. The molecule has 3 rings (SSSR count).